The Morgan fingerprint density at radius 1 is 1.11 bits per heavy atom. The topological polar surface area (TPSA) is 64.0 Å². The summed E-state index contributed by atoms with van der Waals surface area (Å²) in [5, 5.41) is 3.42. The molecule has 0 saturated heterocycles. The minimum atomic E-state index is -0.254. The number of carbonyl (C=O) groups excluding carboxylic acids is 1. The van der Waals surface area contributed by atoms with Crippen molar-refractivity contribution in [3.05, 3.63) is 82.4 Å². The van der Waals surface area contributed by atoms with Crippen molar-refractivity contribution in [1.82, 2.24) is 9.55 Å². The molecule has 0 radical (unpaired) electrons. The maximum atomic E-state index is 12.8. The number of nitrogens with zero attached hydrogens (tertiary/aromatic N) is 2. The van der Waals surface area contributed by atoms with Crippen LogP contribution in [0.15, 0.2) is 65.7 Å². The van der Waals surface area contributed by atoms with Gasteiger partial charge in [0.1, 0.15) is 11.4 Å². The standard InChI is InChI=1S/C22H19N3O2S/c1-14-8-9-15(2)18(10-14)24-20(26)12-25-13-23-21-17(22(25)27)11-19(28-21)16-6-4-3-5-7-16/h3-11,13H,12H2,1-2H3,(H,24,26). The number of fused-ring (bicyclic) bond motifs is 1. The number of anilines is 1. The number of thiophene rings is 1. The maximum absolute atomic E-state index is 12.8. The first-order chi connectivity index (χ1) is 13.5. The highest BCUT2D eigenvalue weighted by molar-refractivity contribution is 7.21. The van der Waals surface area contributed by atoms with Crippen LogP contribution in [0.2, 0.25) is 0 Å². The van der Waals surface area contributed by atoms with Gasteiger partial charge < -0.3 is 5.32 Å². The van der Waals surface area contributed by atoms with Crippen molar-refractivity contribution in [2.45, 2.75) is 20.4 Å². The molecule has 0 aliphatic rings. The van der Waals surface area contributed by atoms with Crippen LogP contribution in [-0.2, 0) is 11.3 Å². The van der Waals surface area contributed by atoms with E-state index in [0.717, 1.165) is 27.3 Å². The van der Waals surface area contributed by atoms with Crippen LogP contribution in [0.4, 0.5) is 5.69 Å². The number of carbonyl (C=O) groups is 1. The molecule has 0 unspecified atom stereocenters. The van der Waals surface area contributed by atoms with E-state index in [1.54, 1.807) is 0 Å². The number of hydrogen-bond acceptors (Lipinski definition) is 4. The third-order valence-electron chi connectivity index (χ3n) is 4.56. The van der Waals surface area contributed by atoms with Crippen LogP contribution in [0.25, 0.3) is 20.7 Å². The van der Waals surface area contributed by atoms with Gasteiger partial charge >= 0.3 is 0 Å². The zero-order valence-electron chi connectivity index (χ0n) is 15.6. The first-order valence-corrected chi connectivity index (χ1v) is 9.74. The van der Waals surface area contributed by atoms with E-state index < -0.39 is 0 Å². The van der Waals surface area contributed by atoms with E-state index in [0.29, 0.717) is 10.2 Å². The quantitative estimate of drug-likeness (QED) is 0.563. The molecule has 0 atom stereocenters. The summed E-state index contributed by atoms with van der Waals surface area (Å²) in [7, 11) is 0. The van der Waals surface area contributed by atoms with Gasteiger partial charge in [0.05, 0.1) is 11.7 Å². The Kier molecular flexibility index (Phi) is 4.79. The van der Waals surface area contributed by atoms with Gasteiger partial charge in [-0.2, -0.15) is 0 Å². The molecule has 5 nitrogen and oxygen atoms in total. The molecule has 28 heavy (non-hydrogen) atoms. The van der Waals surface area contributed by atoms with Crippen LogP contribution in [0.5, 0.6) is 0 Å². The molecule has 140 valence electrons. The number of aryl methyl sites for hydroxylation is 2. The van der Waals surface area contributed by atoms with Gasteiger partial charge in [0, 0.05) is 10.6 Å². The van der Waals surface area contributed by atoms with Crippen molar-refractivity contribution in [2.24, 2.45) is 0 Å². The van der Waals surface area contributed by atoms with E-state index >= 15 is 0 Å². The number of rotatable bonds is 4. The molecule has 0 spiro atoms. The number of amides is 1. The Morgan fingerprint density at radius 3 is 2.68 bits per heavy atom. The molecule has 2 aromatic carbocycles. The second-order valence-corrected chi connectivity index (χ2v) is 7.77. The third kappa shape index (κ3) is 3.59. The molecule has 2 heterocycles. The monoisotopic (exact) mass is 389 g/mol. The first-order valence-electron chi connectivity index (χ1n) is 8.93. The summed E-state index contributed by atoms with van der Waals surface area (Å²) in [6.07, 6.45) is 1.44. The summed E-state index contributed by atoms with van der Waals surface area (Å²) in [6, 6.07) is 17.6. The van der Waals surface area contributed by atoms with Gasteiger partial charge in [0.25, 0.3) is 5.56 Å². The summed E-state index contributed by atoms with van der Waals surface area (Å²) >= 11 is 1.47. The second kappa shape index (κ2) is 7.40. The van der Waals surface area contributed by atoms with Gasteiger partial charge in [-0.15, -0.1) is 11.3 Å². The van der Waals surface area contributed by atoms with Gasteiger partial charge in [0.15, 0.2) is 0 Å². The van der Waals surface area contributed by atoms with E-state index in [2.05, 4.69) is 10.3 Å². The lowest BCUT2D eigenvalue weighted by Gasteiger charge is -2.10. The number of aromatic nitrogens is 2. The van der Waals surface area contributed by atoms with E-state index in [4.69, 9.17) is 0 Å². The van der Waals surface area contributed by atoms with Gasteiger partial charge in [-0.05, 0) is 42.7 Å². The highest BCUT2D eigenvalue weighted by Crippen LogP contribution is 2.30. The average Bonchev–Trinajstić information content (AvgIpc) is 3.13. The first kappa shape index (κ1) is 18.1. The minimum Gasteiger partial charge on any atom is -0.324 e. The molecule has 0 saturated carbocycles. The van der Waals surface area contributed by atoms with Crippen LogP contribution in [0.3, 0.4) is 0 Å². The predicted molar refractivity (Wildman–Crippen MR) is 114 cm³/mol. The van der Waals surface area contributed by atoms with Crippen LogP contribution in [0.1, 0.15) is 11.1 Å². The van der Waals surface area contributed by atoms with Crippen molar-refractivity contribution in [2.75, 3.05) is 5.32 Å². The molecule has 1 amide bonds. The largest absolute Gasteiger partial charge is 0.324 e. The van der Waals surface area contributed by atoms with Crippen molar-refractivity contribution >= 4 is 33.1 Å². The molecule has 2 aromatic heterocycles. The second-order valence-electron chi connectivity index (χ2n) is 6.74. The molecule has 4 rings (SSSR count). The van der Waals surface area contributed by atoms with E-state index in [1.807, 2.05) is 68.4 Å². The highest BCUT2D eigenvalue weighted by Gasteiger charge is 2.13. The maximum Gasteiger partial charge on any atom is 0.262 e. The number of hydrogen-bond donors (Lipinski definition) is 1. The molecule has 0 aliphatic carbocycles. The zero-order valence-corrected chi connectivity index (χ0v) is 16.4. The summed E-state index contributed by atoms with van der Waals surface area (Å²) in [5.41, 5.74) is 3.63. The molecular weight excluding hydrogens is 370 g/mol. The predicted octanol–water partition coefficient (Wildman–Crippen LogP) is 4.38. The Labute approximate surface area is 166 Å². The van der Waals surface area contributed by atoms with E-state index in [1.165, 1.54) is 22.2 Å². The Bertz CT molecular complexity index is 1230. The van der Waals surface area contributed by atoms with Gasteiger partial charge in [-0.3, -0.25) is 14.2 Å². The SMILES string of the molecule is Cc1ccc(C)c(NC(=O)Cn2cnc3sc(-c4ccccc4)cc3c2=O)c1. The van der Waals surface area contributed by atoms with Crippen LogP contribution in [-0.4, -0.2) is 15.5 Å². The van der Waals surface area contributed by atoms with Gasteiger partial charge in [0.2, 0.25) is 5.91 Å². The Morgan fingerprint density at radius 2 is 1.89 bits per heavy atom. The Hall–Kier alpha value is -3.25. The molecule has 1 N–H and O–H groups in total. The van der Waals surface area contributed by atoms with Crippen molar-refractivity contribution < 1.29 is 4.79 Å². The molecule has 0 bridgehead atoms. The van der Waals surface area contributed by atoms with Crippen molar-refractivity contribution in [3.8, 4) is 10.4 Å². The summed E-state index contributed by atoms with van der Waals surface area (Å²) in [6.45, 7) is 3.83. The van der Waals surface area contributed by atoms with E-state index in [9.17, 15) is 9.59 Å². The fourth-order valence-corrected chi connectivity index (χ4v) is 4.03. The number of nitrogens with one attached hydrogen (secondary N) is 1. The van der Waals surface area contributed by atoms with E-state index in [-0.39, 0.29) is 18.0 Å². The van der Waals surface area contributed by atoms with Crippen LogP contribution in [0, 0.1) is 13.8 Å². The van der Waals surface area contributed by atoms with Gasteiger partial charge in [-0.1, -0.05) is 42.5 Å². The van der Waals surface area contributed by atoms with Gasteiger partial charge in [-0.25, -0.2) is 4.98 Å². The van der Waals surface area contributed by atoms with Crippen molar-refractivity contribution in [1.29, 1.82) is 0 Å². The zero-order chi connectivity index (χ0) is 19.7. The fraction of sp³-hybridized carbons (Fsp3) is 0.136. The molecule has 6 heteroatoms. The third-order valence-corrected chi connectivity index (χ3v) is 5.65. The normalized spacial score (nSPS) is 10.9. The summed E-state index contributed by atoms with van der Waals surface area (Å²) < 4.78 is 1.35. The van der Waals surface area contributed by atoms with Crippen LogP contribution < -0.4 is 10.9 Å². The fourth-order valence-electron chi connectivity index (χ4n) is 3.03. The number of benzene rings is 2. The lowest BCUT2D eigenvalue weighted by molar-refractivity contribution is -0.116. The molecule has 4 aromatic rings. The van der Waals surface area contributed by atoms with Crippen LogP contribution >= 0.6 is 11.3 Å². The molecule has 0 aliphatic heterocycles. The van der Waals surface area contributed by atoms with Crippen molar-refractivity contribution in [3.63, 3.8) is 0 Å². The highest BCUT2D eigenvalue weighted by atomic mass is 32.1. The Balaban J connectivity index is 1.60. The summed E-state index contributed by atoms with van der Waals surface area (Å²) in [5.74, 6) is -0.254. The average molecular weight is 389 g/mol. The summed E-state index contributed by atoms with van der Waals surface area (Å²) in [4.78, 5) is 31.3. The smallest absolute Gasteiger partial charge is 0.262 e. The molecule has 0 fully saturated rings. The minimum absolute atomic E-state index is 0.0777. The lowest BCUT2D eigenvalue weighted by atomic mass is 10.1. The lowest BCUT2D eigenvalue weighted by Crippen LogP contribution is -2.27. The molecular formula is C22H19N3O2S.